The van der Waals surface area contributed by atoms with Crippen molar-refractivity contribution in [2.24, 2.45) is 0 Å². The third kappa shape index (κ3) is 3.94. The first kappa shape index (κ1) is 10.1. The summed E-state index contributed by atoms with van der Waals surface area (Å²) in [6.07, 6.45) is -0.0908. The molecule has 0 fully saturated rings. The van der Waals surface area contributed by atoms with E-state index in [4.69, 9.17) is 4.74 Å². The van der Waals surface area contributed by atoms with Crippen LogP contribution in [0.5, 0.6) is 5.75 Å². The second kappa shape index (κ2) is 4.87. The smallest absolute Gasteiger partial charge is 0.120 e. The van der Waals surface area contributed by atoms with Crippen LogP contribution in [0.25, 0.3) is 0 Å². The zero-order valence-electron chi connectivity index (χ0n) is 6.83. The first-order valence-electron chi connectivity index (χ1n) is 3.76. The molecule has 13 heavy (non-hydrogen) atoms. The number of halogens is 1. The normalized spacial score (nSPS) is 9.62. The summed E-state index contributed by atoms with van der Waals surface area (Å²) in [7, 11) is 0. The lowest BCUT2D eigenvalue weighted by atomic mass is 10.3. The van der Waals surface area contributed by atoms with Crippen LogP contribution in [0.3, 0.4) is 0 Å². The van der Waals surface area contributed by atoms with E-state index in [1.165, 1.54) is 0 Å². The number of carboxylic acids is 1. The summed E-state index contributed by atoms with van der Waals surface area (Å²) in [6.45, 7) is 0.138. The van der Waals surface area contributed by atoms with Gasteiger partial charge in [0.25, 0.3) is 0 Å². The summed E-state index contributed by atoms with van der Waals surface area (Å²) in [5.41, 5.74) is 0. The molecule has 0 amide bonds. The van der Waals surface area contributed by atoms with E-state index in [0.717, 1.165) is 4.47 Å². The maximum Gasteiger partial charge on any atom is 0.120 e. The Kier molecular flexibility index (Phi) is 3.76. The molecule has 0 bridgehead atoms. The van der Waals surface area contributed by atoms with Gasteiger partial charge in [-0.1, -0.05) is 22.0 Å². The quantitative estimate of drug-likeness (QED) is 0.792. The van der Waals surface area contributed by atoms with Crippen LogP contribution < -0.4 is 9.84 Å². The largest absolute Gasteiger partial charge is 0.550 e. The molecule has 1 aromatic carbocycles. The first-order valence-corrected chi connectivity index (χ1v) is 4.56. The van der Waals surface area contributed by atoms with Gasteiger partial charge < -0.3 is 14.6 Å². The molecule has 0 unspecified atom stereocenters. The Bertz CT molecular complexity index is 299. The summed E-state index contributed by atoms with van der Waals surface area (Å²) in [5.74, 6) is -0.453. The number of carbonyl (C=O) groups excluding carboxylic acids is 1. The van der Waals surface area contributed by atoms with Gasteiger partial charge in [-0.2, -0.15) is 0 Å². The minimum Gasteiger partial charge on any atom is -0.550 e. The number of carboxylic acid groups (broad SMARTS) is 1. The minimum absolute atomic E-state index is 0.0908. The van der Waals surface area contributed by atoms with Gasteiger partial charge in [-0.25, -0.2) is 0 Å². The highest BCUT2D eigenvalue weighted by Gasteiger charge is 1.94. The molecule has 0 aliphatic heterocycles. The number of aliphatic carboxylic acids is 1. The maximum atomic E-state index is 10.1. The van der Waals surface area contributed by atoms with E-state index >= 15 is 0 Å². The third-order valence-electron chi connectivity index (χ3n) is 1.37. The molecule has 0 saturated heterocycles. The van der Waals surface area contributed by atoms with Gasteiger partial charge in [-0.05, 0) is 18.2 Å². The lowest BCUT2D eigenvalue weighted by Crippen LogP contribution is -2.24. The van der Waals surface area contributed by atoms with E-state index in [9.17, 15) is 9.90 Å². The monoisotopic (exact) mass is 243 g/mol. The molecule has 0 radical (unpaired) electrons. The van der Waals surface area contributed by atoms with Crippen LogP contribution in [0.15, 0.2) is 28.7 Å². The van der Waals surface area contributed by atoms with E-state index < -0.39 is 5.97 Å². The van der Waals surface area contributed by atoms with Gasteiger partial charge in [-0.3, -0.25) is 0 Å². The van der Waals surface area contributed by atoms with Crippen molar-refractivity contribution in [3.05, 3.63) is 28.7 Å². The van der Waals surface area contributed by atoms with E-state index in [1.54, 1.807) is 12.1 Å². The highest BCUT2D eigenvalue weighted by Crippen LogP contribution is 2.17. The van der Waals surface area contributed by atoms with Crippen LogP contribution in [0.1, 0.15) is 6.42 Å². The zero-order valence-corrected chi connectivity index (χ0v) is 8.41. The molecule has 0 aliphatic rings. The maximum absolute atomic E-state index is 10.1. The van der Waals surface area contributed by atoms with Crippen LogP contribution in [0.2, 0.25) is 0 Å². The number of ether oxygens (including phenoxy) is 1. The summed E-state index contributed by atoms with van der Waals surface area (Å²) in [6, 6.07) is 7.22. The molecule has 3 nitrogen and oxygen atoms in total. The molecule has 1 rings (SSSR count). The molecule has 1 aromatic rings. The Hall–Kier alpha value is -1.03. The van der Waals surface area contributed by atoms with Gasteiger partial charge in [0.05, 0.1) is 6.61 Å². The van der Waals surface area contributed by atoms with Gasteiger partial charge >= 0.3 is 0 Å². The van der Waals surface area contributed by atoms with Crippen molar-refractivity contribution in [1.29, 1.82) is 0 Å². The lowest BCUT2D eigenvalue weighted by molar-refractivity contribution is -0.306. The van der Waals surface area contributed by atoms with Crippen molar-refractivity contribution in [1.82, 2.24) is 0 Å². The molecule has 70 valence electrons. The average molecular weight is 244 g/mol. The number of carbonyl (C=O) groups is 1. The fourth-order valence-corrected chi connectivity index (χ4v) is 1.19. The van der Waals surface area contributed by atoms with Crippen LogP contribution >= 0.6 is 15.9 Å². The van der Waals surface area contributed by atoms with Crippen LogP contribution in [0.4, 0.5) is 0 Å². The predicted molar refractivity (Wildman–Crippen MR) is 49.3 cm³/mol. The van der Waals surface area contributed by atoms with E-state index in [-0.39, 0.29) is 13.0 Å². The summed E-state index contributed by atoms with van der Waals surface area (Å²) in [5, 5.41) is 10.1. The first-order chi connectivity index (χ1) is 6.18. The average Bonchev–Trinajstić information content (AvgIpc) is 2.03. The van der Waals surface area contributed by atoms with Gasteiger partial charge in [0.2, 0.25) is 0 Å². The van der Waals surface area contributed by atoms with Crippen molar-refractivity contribution in [2.45, 2.75) is 6.42 Å². The van der Waals surface area contributed by atoms with Gasteiger partial charge in [0.15, 0.2) is 0 Å². The molecule has 0 aliphatic carbocycles. The number of benzene rings is 1. The van der Waals surface area contributed by atoms with Crippen LogP contribution in [-0.4, -0.2) is 12.6 Å². The van der Waals surface area contributed by atoms with Crippen molar-refractivity contribution >= 4 is 21.9 Å². The molecule has 0 aromatic heterocycles. The lowest BCUT2D eigenvalue weighted by Gasteiger charge is -2.06. The highest BCUT2D eigenvalue weighted by atomic mass is 79.9. The molecule has 0 saturated carbocycles. The Morgan fingerprint density at radius 1 is 1.54 bits per heavy atom. The predicted octanol–water partition coefficient (Wildman–Crippen LogP) is 0.968. The zero-order chi connectivity index (χ0) is 9.68. The molecule has 0 N–H and O–H groups in total. The SMILES string of the molecule is O=C([O-])CCOc1cccc(Br)c1. The molecule has 0 heterocycles. The Morgan fingerprint density at radius 2 is 2.31 bits per heavy atom. The molecular formula is C9H8BrO3-. The summed E-state index contributed by atoms with van der Waals surface area (Å²) in [4.78, 5) is 10.1. The van der Waals surface area contributed by atoms with Crippen molar-refractivity contribution in [3.8, 4) is 5.75 Å². The van der Waals surface area contributed by atoms with Crippen LogP contribution in [-0.2, 0) is 4.79 Å². The van der Waals surface area contributed by atoms with Crippen molar-refractivity contribution < 1.29 is 14.6 Å². The topological polar surface area (TPSA) is 49.4 Å². The fraction of sp³-hybridized carbons (Fsp3) is 0.222. The number of hydrogen-bond donors (Lipinski definition) is 0. The Morgan fingerprint density at radius 3 is 2.92 bits per heavy atom. The van der Waals surface area contributed by atoms with Crippen LogP contribution in [0, 0.1) is 0 Å². The van der Waals surface area contributed by atoms with E-state index in [1.807, 2.05) is 12.1 Å². The Balaban J connectivity index is 2.41. The number of hydrogen-bond acceptors (Lipinski definition) is 3. The number of rotatable bonds is 4. The van der Waals surface area contributed by atoms with E-state index in [2.05, 4.69) is 15.9 Å². The highest BCUT2D eigenvalue weighted by molar-refractivity contribution is 9.10. The van der Waals surface area contributed by atoms with E-state index in [0.29, 0.717) is 5.75 Å². The second-order valence-corrected chi connectivity index (χ2v) is 3.34. The third-order valence-corrected chi connectivity index (χ3v) is 1.86. The van der Waals surface area contributed by atoms with Gasteiger partial charge in [-0.15, -0.1) is 0 Å². The second-order valence-electron chi connectivity index (χ2n) is 2.43. The van der Waals surface area contributed by atoms with Crippen molar-refractivity contribution in [2.75, 3.05) is 6.61 Å². The Labute approximate surface area is 84.5 Å². The molecular weight excluding hydrogens is 236 g/mol. The standard InChI is InChI=1S/C9H9BrO3/c10-7-2-1-3-8(6-7)13-5-4-9(11)12/h1-3,6H,4-5H2,(H,11,12)/p-1. The van der Waals surface area contributed by atoms with Gasteiger partial charge in [0.1, 0.15) is 5.75 Å². The summed E-state index contributed by atoms with van der Waals surface area (Å²) < 4.78 is 6.05. The van der Waals surface area contributed by atoms with Gasteiger partial charge in [0, 0.05) is 16.9 Å². The minimum atomic E-state index is -1.10. The molecule has 4 heteroatoms. The summed E-state index contributed by atoms with van der Waals surface area (Å²) >= 11 is 3.27. The molecule has 0 atom stereocenters. The molecule has 0 spiro atoms. The van der Waals surface area contributed by atoms with Crippen molar-refractivity contribution in [3.63, 3.8) is 0 Å². The fourth-order valence-electron chi connectivity index (χ4n) is 0.809.